The van der Waals surface area contributed by atoms with Crippen molar-refractivity contribution in [3.05, 3.63) is 49.3 Å². The Morgan fingerprint density at radius 2 is 2.00 bits per heavy atom. The summed E-state index contributed by atoms with van der Waals surface area (Å²) in [6.45, 7) is 6.98. The molecule has 0 aliphatic carbocycles. The summed E-state index contributed by atoms with van der Waals surface area (Å²) >= 11 is 0. The summed E-state index contributed by atoms with van der Waals surface area (Å²) in [5.74, 6) is 5.45. The molecule has 0 aliphatic rings. The Labute approximate surface area is 60.9 Å². The van der Waals surface area contributed by atoms with Crippen LogP contribution in [0, 0.1) is 0 Å². The third kappa shape index (κ3) is 3.69. The van der Waals surface area contributed by atoms with E-state index in [1.165, 1.54) is 0 Å². The predicted molar refractivity (Wildman–Crippen MR) is 42.9 cm³/mol. The van der Waals surface area contributed by atoms with E-state index in [2.05, 4.69) is 18.0 Å². The second kappa shape index (κ2) is 5.85. The maximum atomic E-state index is 4.90. The topological polar surface area (TPSA) is 35.2 Å². The fourth-order valence-corrected chi connectivity index (χ4v) is 0.413. The number of allylic oxidation sites excluding steroid dienone is 5. The second-order valence-corrected chi connectivity index (χ2v) is 1.52. The highest BCUT2D eigenvalue weighted by Crippen LogP contribution is 1.95. The van der Waals surface area contributed by atoms with Crippen molar-refractivity contribution in [1.82, 2.24) is 0 Å². The molecule has 54 valence electrons. The number of rotatable bonds is 4. The monoisotopic (exact) mass is 137 g/mol. The lowest BCUT2D eigenvalue weighted by molar-refractivity contribution is 0.234. The Morgan fingerprint density at radius 1 is 1.30 bits per heavy atom. The molecule has 0 fully saturated rings. The molecule has 0 heterocycles. The van der Waals surface area contributed by atoms with E-state index in [-0.39, 0.29) is 0 Å². The Morgan fingerprint density at radius 3 is 2.40 bits per heavy atom. The van der Waals surface area contributed by atoms with Gasteiger partial charge in [0.1, 0.15) is 5.76 Å². The maximum Gasteiger partial charge on any atom is 0.146 e. The molecular formula is C8H11NO. The highest BCUT2D eigenvalue weighted by molar-refractivity contribution is 5.19. The predicted octanol–water partition coefficient (Wildman–Crippen LogP) is 1.69. The zero-order valence-electron chi connectivity index (χ0n) is 5.79. The molecule has 0 atom stereocenters. The molecular weight excluding hydrogens is 126 g/mol. The van der Waals surface area contributed by atoms with E-state index in [1.54, 1.807) is 30.4 Å². The first-order valence-electron chi connectivity index (χ1n) is 2.83. The molecule has 0 saturated heterocycles. The van der Waals surface area contributed by atoms with Gasteiger partial charge in [-0.25, -0.2) is 0 Å². The van der Waals surface area contributed by atoms with Gasteiger partial charge in [0.05, 0.1) is 0 Å². The molecule has 0 amide bonds. The van der Waals surface area contributed by atoms with E-state index in [1.807, 2.05) is 0 Å². The summed E-state index contributed by atoms with van der Waals surface area (Å²) in [5.41, 5.74) is 0. The van der Waals surface area contributed by atoms with Gasteiger partial charge in [0.25, 0.3) is 0 Å². The molecule has 10 heavy (non-hydrogen) atoms. The molecule has 0 unspecified atom stereocenters. The normalized spacial score (nSPS) is 11.5. The molecule has 0 aliphatic heterocycles. The SMILES string of the molecule is C=C/C=C\C(=C/C=C)ON. The molecule has 2 N–H and O–H groups in total. The van der Waals surface area contributed by atoms with Crippen LogP contribution in [0.1, 0.15) is 0 Å². The van der Waals surface area contributed by atoms with Crippen molar-refractivity contribution in [2.45, 2.75) is 0 Å². The van der Waals surface area contributed by atoms with Gasteiger partial charge in [-0.2, -0.15) is 5.90 Å². The third-order valence-electron chi connectivity index (χ3n) is 0.815. The van der Waals surface area contributed by atoms with Crippen LogP contribution < -0.4 is 5.90 Å². The van der Waals surface area contributed by atoms with E-state index in [0.717, 1.165) is 0 Å². The van der Waals surface area contributed by atoms with E-state index < -0.39 is 0 Å². The molecule has 0 aromatic carbocycles. The molecule has 0 bridgehead atoms. The van der Waals surface area contributed by atoms with Crippen molar-refractivity contribution in [2.24, 2.45) is 5.90 Å². The minimum atomic E-state index is 0.551. The second-order valence-electron chi connectivity index (χ2n) is 1.52. The number of nitrogens with two attached hydrogens (primary N) is 1. The average molecular weight is 137 g/mol. The van der Waals surface area contributed by atoms with Gasteiger partial charge in [0, 0.05) is 0 Å². The summed E-state index contributed by atoms with van der Waals surface area (Å²) in [4.78, 5) is 4.45. The van der Waals surface area contributed by atoms with E-state index in [0.29, 0.717) is 5.76 Å². The largest absolute Gasteiger partial charge is 0.412 e. The molecule has 0 aromatic heterocycles. The zero-order chi connectivity index (χ0) is 7.82. The van der Waals surface area contributed by atoms with Crippen LogP contribution in [0.5, 0.6) is 0 Å². The van der Waals surface area contributed by atoms with Gasteiger partial charge in [-0.1, -0.05) is 31.4 Å². The van der Waals surface area contributed by atoms with Crippen LogP contribution in [0.15, 0.2) is 49.3 Å². The van der Waals surface area contributed by atoms with Crippen LogP contribution in [0.2, 0.25) is 0 Å². The Balaban J connectivity index is 4.06. The summed E-state index contributed by atoms with van der Waals surface area (Å²) in [7, 11) is 0. The molecule has 0 saturated carbocycles. The van der Waals surface area contributed by atoms with Crippen LogP contribution in [0.3, 0.4) is 0 Å². The van der Waals surface area contributed by atoms with Gasteiger partial charge in [-0.3, -0.25) is 0 Å². The standard InChI is InChI=1S/C8H11NO/c1-3-5-7-8(10-9)6-4-2/h3-7H,1-2,9H2/b7-5-,8-6+. The fraction of sp³-hybridized carbons (Fsp3) is 0. The Hall–Kier alpha value is -1.28. The maximum absolute atomic E-state index is 4.90. The average Bonchev–Trinajstić information content (AvgIpc) is 1.98. The van der Waals surface area contributed by atoms with Gasteiger partial charge in [0.15, 0.2) is 0 Å². The van der Waals surface area contributed by atoms with Crippen LogP contribution >= 0.6 is 0 Å². The van der Waals surface area contributed by atoms with Gasteiger partial charge in [-0.15, -0.1) is 0 Å². The molecule has 0 spiro atoms. The number of hydrogen-bond acceptors (Lipinski definition) is 2. The zero-order valence-corrected chi connectivity index (χ0v) is 5.79. The molecule has 2 nitrogen and oxygen atoms in total. The van der Waals surface area contributed by atoms with Crippen molar-refractivity contribution in [2.75, 3.05) is 0 Å². The highest BCUT2D eigenvalue weighted by atomic mass is 16.6. The van der Waals surface area contributed by atoms with Crippen molar-refractivity contribution in [3.8, 4) is 0 Å². The van der Waals surface area contributed by atoms with Crippen LogP contribution in [0.4, 0.5) is 0 Å². The summed E-state index contributed by atoms with van der Waals surface area (Å²) in [6.07, 6.45) is 8.29. The van der Waals surface area contributed by atoms with Gasteiger partial charge in [0.2, 0.25) is 0 Å². The molecule has 0 radical (unpaired) electrons. The van der Waals surface area contributed by atoms with Crippen molar-refractivity contribution >= 4 is 0 Å². The minimum Gasteiger partial charge on any atom is -0.412 e. The van der Waals surface area contributed by atoms with Crippen molar-refractivity contribution in [1.29, 1.82) is 0 Å². The Kier molecular flexibility index (Phi) is 5.10. The first-order valence-corrected chi connectivity index (χ1v) is 2.83. The van der Waals surface area contributed by atoms with Gasteiger partial charge in [-0.05, 0) is 12.2 Å². The summed E-state index contributed by atoms with van der Waals surface area (Å²) in [5, 5.41) is 0. The van der Waals surface area contributed by atoms with Crippen molar-refractivity contribution < 1.29 is 4.84 Å². The summed E-state index contributed by atoms with van der Waals surface area (Å²) < 4.78 is 0. The van der Waals surface area contributed by atoms with E-state index >= 15 is 0 Å². The van der Waals surface area contributed by atoms with E-state index in [9.17, 15) is 0 Å². The first kappa shape index (κ1) is 8.72. The van der Waals surface area contributed by atoms with Crippen LogP contribution in [-0.2, 0) is 4.84 Å². The number of hydrogen-bond donors (Lipinski definition) is 1. The smallest absolute Gasteiger partial charge is 0.146 e. The third-order valence-corrected chi connectivity index (χ3v) is 0.815. The minimum absolute atomic E-state index is 0.551. The lowest BCUT2D eigenvalue weighted by atomic mass is 10.4. The Bertz CT molecular complexity index is 168. The lowest BCUT2D eigenvalue weighted by Crippen LogP contribution is -1.95. The van der Waals surface area contributed by atoms with Gasteiger partial charge < -0.3 is 4.84 Å². The molecule has 2 heteroatoms. The summed E-state index contributed by atoms with van der Waals surface area (Å²) in [6, 6.07) is 0. The van der Waals surface area contributed by atoms with E-state index in [4.69, 9.17) is 5.90 Å². The highest BCUT2D eigenvalue weighted by Gasteiger charge is 1.83. The van der Waals surface area contributed by atoms with Crippen LogP contribution in [0.25, 0.3) is 0 Å². The van der Waals surface area contributed by atoms with Gasteiger partial charge >= 0.3 is 0 Å². The van der Waals surface area contributed by atoms with Crippen molar-refractivity contribution in [3.63, 3.8) is 0 Å². The molecule has 0 rings (SSSR count). The molecule has 0 aromatic rings. The lowest BCUT2D eigenvalue weighted by Gasteiger charge is -1.94. The quantitative estimate of drug-likeness (QED) is 0.363. The fourth-order valence-electron chi connectivity index (χ4n) is 0.413. The first-order chi connectivity index (χ1) is 4.85. The van der Waals surface area contributed by atoms with Crippen LogP contribution in [-0.4, -0.2) is 0 Å².